The van der Waals surface area contributed by atoms with E-state index < -0.39 is 10.0 Å². The summed E-state index contributed by atoms with van der Waals surface area (Å²) in [6, 6.07) is 12.8. The van der Waals surface area contributed by atoms with Crippen LogP contribution in [0.15, 0.2) is 59.8 Å². The van der Waals surface area contributed by atoms with Crippen LogP contribution in [0.2, 0.25) is 5.02 Å². The molecule has 0 aliphatic carbocycles. The number of sulfonamides is 1. The van der Waals surface area contributed by atoms with Gasteiger partial charge >= 0.3 is 0 Å². The van der Waals surface area contributed by atoms with Gasteiger partial charge in [0.2, 0.25) is 0 Å². The quantitative estimate of drug-likeness (QED) is 0.448. The molecule has 0 saturated heterocycles. The predicted molar refractivity (Wildman–Crippen MR) is 116 cm³/mol. The SMILES string of the molecule is Cn1nccc1-c1cc(Cl)ccc1Oc1ccc(S(=O)(=O)Nc2cnsn2)cc1C#N. The van der Waals surface area contributed by atoms with Crippen LogP contribution >= 0.6 is 23.3 Å². The maximum atomic E-state index is 12.6. The number of aromatic nitrogens is 4. The van der Waals surface area contributed by atoms with Crippen LogP contribution in [0.1, 0.15) is 5.56 Å². The topological polar surface area (TPSA) is 123 Å². The lowest BCUT2D eigenvalue weighted by atomic mass is 10.1. The fourth-order valence-electron chi connectivity index (χ4n) is 2.81. The average Bonchev–Trinajstić information content (AvgIpc) is 3.40. The Kier molecular flexibility index (Phi) is 5.60. The monoisotopic (exact) mass is 472 g/mol. The van der Waals surface area contributed by atoms with Crippen molar-refractivity contribution in [3.63, 3.8) is 0 Å². The van der Waals surface area contributed by atoms with Crippen molar-refractivity contribution >= 4 is 39.2 Å². The fourth-order valence-corrected chi connectivity index (χ4v) is 4.42. The molecule has 4 rings (SSSR count). The van der Waals surface area contributed by atoms with Gasteiger partial charge in [0.15, 0.2) is 5.82 Å². The highest BCUT2D eigenvalue weighted by Gasteiger charge is 2.19. The van der Waals surface area contributed by atoms with Crippen molar-refractivity contribution in [3.8, 4) is 28.8 Å². The molecule has 0 fully saturated rings. The van der Waals surface area contributed by atoms with Gasteiger partial charge in [0, 0.05) is 23.8 Å². The second-order valence-electron chi connectivity index (χ2n) is 6.25. The maximum absolute atomic E-state index is 12.6. The number of hydrogen-bond acceptors (Lipinski definition) is 8. The molecule has 2 aromatic heterocycles. The van der Waals surface area contributed by atoms with Crippen LogP contribution in [-0.4, -0.2) is 26.9 Å². The zero-order chi connectivity index (χ0) is 22.0. The number of aryl methyl sites for hydroxylation is 1. The minimum atomic E-state index is -3.94. The van der Waals surface area contributed by atoms with Crippen molar-refractivity contribution in [2.45, 2.75) is 4.90 Å². The molecule has 2 aromatic carbocycles. The Morgan fingerprint density at radius 3 is 2.68 bits per heavy atom. The van der Waals surface area contributed by atoms with E-state index in [1.165, 1.54) is 24.4 Å². The van der Waals surface area contributed by atoms with Crippen LogP contribution < -0.4 is 9.46 Å². The van der Waals surface area contributed by atoms with Crippen molar-refractivity contribution in [3.05, 3.63) is 65.4 Å². The number of nitriles is 1. The minimum absolute atomic E-state index is 0.0465. The summed E-state index contributed by atoms with van der Waals surface area (Å²) in [6.07, 6.45) is 2.94. The van der Waals surface area contributed by atoms with Gasteiger partial charge in [-0.3, -0.25) is 9.40 Å². The molecular weight excluding hydrogens is 460 g/mol. The van der Waals surface area contributed by atoms with Gasteiger partial charge in [-0.05, 0) is 42.5 Å². The Morgan fingerprint density at radius 2 is 2.00 bits per heavy atom. The smallest absolute Gasteiger partial charge is 0.263 e. The summed E-state index contributed by atoms with van der Waals surface area (Å²) in [5, 5.41) is 14.2. The van der Waals surface area contributed by atoms with Gasteiger partial charge in [0.25, 0.3) is 10.0 Å². The molecular formula is C19H13ClN6O3S2. The Labute approximate surface area is 186 Å². The number of nitrogens with one attached hydrogen (secondary N) is 1. The second kappa shape index (κ2) is 8.35. The first-order valence-electron chi connectivity index (χ1n) is 8.68. The van der Waals surface area contributed by atoms with Crippen LogP contribution in [-0.2, 0) is 17.1 Å². The standard InChI is InChI=1S/C19H13ClN6O3S2/c1-26-16(6-7-22-26)15-9-13(20)2-4-18(15)29-17-5-3-14(8-12(17)10-21)31(27,28)25-19-11-23-30-24-19/h2-9,11H,1H3,(H,24,25). The highest BCUT2D eigenvalue weighted by Crippen LogP contribution is 2.36. The third-order valence-electron chi connectivity index (χ3n) is 4.24. The number of rotatable bonds is 6. The molecule has 0 saturated carbocycles. The fraction of sp³-hybridized carbons (Fsp3) is 0.0526. The van der Waals surface area contributed by atoms with E-state index in [0.717, 1.165) is 17.4 Å². The molecule has 12 heteroatoms. The number of nitrogens with zero attached hydrogens (tertiary/aromatic N) is 5. The van der Waals surface area contributed by atoms with Gasteiger partial charge in [0.1, 0.15) is 17.6 Å². The number of benzene rings is 2. The summed E-state index contributed by atoms with van der Waals surface area (Å²) in [4.78, 5) is -0.104. The Hall–Kier alpha value is -3.46. The minimum Gasteiger partial charge on any atom is -0.455 e. The van der Waals surface area contributed by atoms with Crippen molar-refractivity contribution in [2.75, 3.05) is 4.72 Å². The van der Waals surface area contributed by atoms with Crippen LogP contribution in [0, 0.1) is 11.3 Å². The Balaban J connectivity index is 1.70. The average molecular weight is 473 g/mol. The zero-order valence-corrected chi connectivity index (χ0v) is 18.2. The summed E-state index contributed by atoms with van der Waals surface area (Å²) in [5.74, 6) is 0.736. The summed E-state index contributed by atoms with van der Waals surface area (Å²) in [6.45, 7) is 0. The van der Waals surface area contributed by atoms with E-state index in [-0.39, 0.29) is 22.0 Å². The summed E-state index contributed by atoms with van der Waals surface area (Å²) >= 11 is 7.03. The molecule has 0 amide bonds. The lowest BCUT2D eigenvalue weighted by molar-refractivity contribution is 0.481. The molecule has 9 nitrogen and oxygen atoms in total. The van der Waals surface area contributed by atoms with Crippen LogP contribution in [0.5, 0.6) is 11.5 Å². The van der Waals surface area contributed by atoms with Crippen molar-refractivity contribution in [1.29, 1.82) is 5.26 Å². The van der Waals surface area contributed by atoms with Crippen molar-refractivity contribution in [1.82, 2.24) is 18.5 Å². The molecule has 4 aromatic rings. The molecule has 0 radical (unpaired) electrons. The van der Waals surface area contributed by atoms with E-state index in [1.807, 2.05) is 6.07 Å². The van der Waals surface area contributed by atoms with Gasteiger partial charge in [-0.1, -0.05) is 11.6 Å². The normalized spacial score (nSPS) is 11.1. The highest BCUT2D eigenvalue weighted by atomic mass is 35.5. The maximum Gasteiger partial charge on any atom is 0.263 e. The third-order valence-corrected chi connectivity index (χ3v) is 6.31. The summed E-state index contributed by atoms with van der Waals surface area (Å²) in [7, 11) is -2.16. The van der Waals surface area contributed by atoms with Gasteiger partial charge in [-0.25, -0.2) is 8.42 Å². The van der Waals surface area contributed by atoms with E-state index in [2.05, 4.69) is 18.6 Å². The van der Waals surface area contributed by atoms with Crippen LogP contribution in [0.3, 0.4) is 0 Å². The van der Waals surface area contributed by atoms with Gasteiger partial charge in [-0.2, -0.15) is 19.1 Å². The van der Waals surface area contributed by atoms with Crippen LogP contribution in [0.25, 0.3) is 11.3 Å². The number of anilines is 1. The summed E-state index contributed by atoms with van der Waals surface area (Å²) in [5.41, 5.74) is 1.48. The van der Waals surface area contributed by atoms with E-state index in [0.29, 0.717) is 16.3 Å². The largest absolute Gasteiger partial charge is 0.455 e. The number of ether oxygens (including phenoxy) is 1. The Bertz CT molecular complexity index is 1390. The number of hydrogen-bond donors (Lipinski definition) is 1. The first kappa shape index (κ1) is 20.8. The number of halogens is 1. The van der Waals surface area contributed by atoms with Gasteiger partial charge < -0.3 is 4.74 Å². The first-order chi connectivity index (χ1) is 14.9. The van der Waals surface area contributed by atoms with Gasteiger partial charge in [0.05, 0.1) is 34.1 Å². The van der Waals surface area contributed by atoms with E-state index in [4.69, 9.17) is 16.3 Å². The lowest BCUT2D eigenvalue weighted by Gasteiger charge is -2.14. The third kappa shape index (κ3) is 4.36. The first-order valence-corrected chi connectivity index (χ1v) is 11.3. The molecule has 0 bridgehead atoms. The molecule has 156 valence electrons. The molecule has 31 heavy (non-hydrogen) atoms. The van der Waals surface area contributed by atoms with Crippen molar-refractivity contribution < 1.29 is 13.2 Å². The molecule has 0 spiro atoms. The molecule has 0 aliphatic rings. The lowest BCUT2D eigenvalue weighted by Crippen LogP contribution is -2.13. The second-order valence-corrected chi connectivity index (χ2v) is 8.93. The zero-order valence-electron chi connectivity index (χ0n) is 15.9. The van der Waals surface area contributed by atoms with Gasteiger partial charge in [-0.15, -0.1) is 0 Å². The molecule has 0 atom stereocenters. The molecule has 0 unspecified atom stereocenters. The predicted octanol–water partition coefficient (Wildman–Crippen LogP) is 4.06. The van der Waals surface area contributed by atoms with E-state index in [9.17, 15) is 13.7 Å². The van der Waals surface area contributed by atoms with Crippen molar-refractivity contribution in [2.24, 2.45) is 7.05 Å². The molecule has 1 N–H and O–H groups in total. The van der Waals surface area contributed by atoms with Crippen LogP contribution in [0.4, 0.5) is 5.82 Å². The summed E-state index contributed by atoms with van der Waals surface area (Å²) < 4.78 is 42.7. The van der Waals surface area contributed by atoms with E-state index in [1.54, 1.807) is 42.2 Å². The molecule has 2 heterocycles. The molecule has 0 aliphatic heterocycles. The highest BCUT2D eigenvalue weighted by molar-refractivity contribution is 7.92. The Morgan fingerprint density at radius 1 is 1.19 bits per heavy atom. The van der Waals surface area contributed by atoms with E-state index >= 15 is 0 Å².